The van der Waals surface area contributed by atoms with Crippen molar-refractivity contribution >= 4 is 40.8 Å². The van der Waals surface area contributed by atoms with Gasteiger partial charge in [-0.1, -0.05) is 23.2 Å². The molecule has 2 aliphatic rings. The number of carbonyl (C=O) groups is 2. The second-order valence-electron chi connectivity index (χ2n) is 5.84. The molecule has 2 saturated carbocycles. The Balaban J connectivity index is 1.78. The van der Waals surface area contributed by atoms with E-state index >= 15 is 0 Å². The number of hydrogen-bond acceptors (Lipinski definition) is 2. The summed E-state index contributed by atoms with van der Waals surface area (Å²) in [7, 11) is 0. The van der Waals surface area contributed by atoms with Crippen molar-refractivity contribution in [2.75, 3.05) is 5.32 Å². The summed E-state index contributed by atoms with van der Waals surface area (Å²) < 4.78 is 0. The molecule has 1 aromatic rings. The van der Waals surface area contributed by atoms with Crippen LogP contribution in [0.3, 0.4) is 0 Å². The number of fused-ring (bicyclic) bond motifs is 2. The third kappa shape index (κ3) is 2.62. The Morgan fingerprint density at radius 2 is 1.76 bits per heavy atom. The molecule has 0 spiro atoms. The first kappa shape index (κ1) is 14.7. The number of amides is 1. The van der Waals surface area contributed by atoms with Crippen molar-refractivity contribution in [1.82, 2.24) is 0 Å². The molecule has 4 atom stereocenters. The topological polar surface area (TPSA) is 66.4 Å². The average molecular weight is 328 g/mol. The van der Waals surface area contributed by atoms with Crippen molar-refractivity contribution in [3.8, 4) is 0 Å². The predicted octanol–water partition coefficient (Wildman–Crippen LogP) is 3.68. The molecule has 2 N–H and O–H groups in total. The summed E-state index contributed by atoms with van der Waals surface area (Å²) >= 11 is 11.8. The Hall–Kier alpha value is -1.26. The fourth-order valence-electron chi connectivity index (χ4n) is 3.82. The van der Waals surface area contributed by atoms with Crippen LogP contribution in [0.15, 0.2) is 18.2 Å². The molecule has 3 rings (SSSR count). The van der Waals surface area contributed by atoms with Crippen molar-refractivity contribution < 1.29 is 14.7 Å². The van der Waals surface area contributed by atoms with Gasteiger partial charge in [0.15, 0.2) is 0 Å². The van der Waals surface area contributed by atoms with Gasteiger partial charge >= 0.3 is 5.97 Å². The number of halogens is 2. The first-order valence-corrected chi connectivity index (χ1v) is 7.71. The Morgan fingerprint density at radius 3 is 2.38 bits per heavy atom. The number of anilines is 1. The van der Waals surface area contributed by atoms with Crippen LogP contribution in [0.1, 0.15) is 19.3 Å². The molecule has 112 valence electrons. The van der Waals surface area contributed by atoms with E-state index in [-0.39, 0.29) is 17.7 Å². The lowest BCUT2D eigenvalue weighted by Crippen LogP contribution is -2.37. The lowest BCUT2D eigenvalue weighted by atomic mass is 9.78. The fraction of sp³-hybridized carbons (Fsp3) is 0.467. The maximum atomic E-state index is 12.5. The van der Waals surface area contributed by atoms with Crippen molar-refractivity contribution in [3.63, 3.8) is 0 Å². The standard InChI is InChI=1S/C15H15Cl2NO3/c16-10-4-3-9(6-11(10)17)18-14(19)12-7-1-2-8(5-7)13(12)15(20)21/h3-4,6-8,12-13H,1-2,5H2,(H,18,19)(H,20,21)/t7-,8-,12+,13+/m0/s1. The molecule has 2 bridgehead atoms. The average Bonchev–Trinajstić information content (AvgIpc) is 3.03. The highest BCUT2D eigenvalue weighted by Crippen LogP contribution is 2.52. The molecule has 4 nitrogen and oxygen atoms in total. The van der Waals surface area contributed by atoms with Crippen LogP contribution in [0.4, 0.5) is 5.69 Å². The number of carbonyl (C=O) groups excluding carboxylic acids is 1. The van der Waals surface area contributed by atoms with Crippen molar-refractivity contribution in [1.29, 1.82) is 0 Å². The Bertz CT molecular complexity index is 605. The predicted molar refractivity (Wildman–Crippen MR) is 80.5 cm³/mol. The quantitative estimate of drug-likeness (QED) is 0.889. The number of aliphatic carboxylic acids is 1. The van der Waals surface area contributed by atoms with Crippen LogP contribution in [-0.2, 0) is 9.59 Å². The third-order valence-corrected chi connectivity index (χ3v) is 5.43. The van der Waals surface area contributed by atoms with Crippen molar-refractivity contribution in [3.05, 3.63) is 28.2 Å². The van der Waals surface area contributed by atoms with Crippen LogP contribution in [-0.4, -0.2) is 17.0 Å². The molecular weight excluding hydrogens is 313 g/mol. The maximum Gasteiger partial charge on any atom is 0.307 e. The van der Waals surface area contributed by atoms with Gasteiger partial charge in [-0.15, -0.1) is 0 Å². The largest absolute Gasteiger partial charge is 0.481 e. The van der Waals surface area contributed by atoms with Gasteiger partial charge in [0, 0.05) is 5.69 Å². The summed E-state index contributed by atoms with van der Waals surface area (Å²) in [5.41, 5.74) is 0.543. The number of hydrogen-bond donors (Lipinski definition) is 2. The minimum absolute atomic E-state index is 0.136. The van der Waals surface area contributed by atoms with Crippen LogP contribution < -0.4 is 5.32 Å². The normalized spacial score (nSPS) is 30.4. The molecule has 6 heteroatoms. The lowest BCUT2D eigenvalue weighted by Gasteiger charge is -2.27. The van der Waals surface area contributed by atoms with Gasteiger partial charge in [0.2, 0.25) is 5.91 Å². The van der Waals surface area contributed by atoms with Gasteiger partial charge in [0.1, 0.15) is 0 Å². The number of benzene rings is 1. The van der Waals surface area contributed by atoms with Crippen LogP contribution in [0.2, 0.25) is 10.0 Å². The van der Waals surface area contributed by atoms with E-state index in [0.717, 1.165) is 19.3 Å². The van der Waals surface area contributed by atoms with Crippen molar-refractivity contribution in [2.24, 2.45) is 23.7 Å². The van der Waals surface area contributed by atoms with E-state index in [1.54, 1.807) is 18.2 Å². The summed E-state index contributed by atoms with van der Waals surface area (Å²) in [5, 5.41) is 12.9. The molecule has 21 heavy (non-hydrogen) atoms. The maximum absolute atomic E-state index is 12.5. The van der Waals surface area contributed by atoms with Gasteiger partial charge in [0.25, 0.3) is 0 Å². The number of carboxylic acid groups (broad SMARTS) is 1. The number of rotatable bonds is 3. The highest BCUT2D eigenvalue weighted by molar-refractivity contribution is 6.42. The minimum Gasteiger partial charge on any atom is -0.481 e. The van der Waals surface area contributed by atoms with Crippen LogP contribution in [0.25, 0.3) is 0 Å². The summed E-state index contributed by atoms with van der Waals surface area (Å²) in [5.74, 6) is -1.79. The zero-order valence-electron chi connectivity index (χ0n) is 11.2. The molecule has 2 aliphatic carbocycles. The van der Waals surface area contributed by atoms with Crippen molar-refractivity contribution in [2.45, 2.75) is 19.3 Å². The Kier molecular flexibility index (Phi) is 3.84. The highest BCUT2D eigenvalue weighted by atomic mass is 35.5. The minimum atomic E-state index is -0.864. The molecule has 0 saturated heterocycles. The van der Waals surface area contributed by atoms with Gasteiger partial charge in [-0.25, -0.2) is 0 Å². The summed E-state index contributed by atoms with van der Waals surface area (Å²) in [6.07, 6.45) is 2.70. The third-order valence-electron chi connectivity index (χ3n) is 4.69. The van der Waals surface area contributed by atoms with E-state index in [9.17, 15) is 14.7 Å². The smallest absolute Gasteiger partial charge is 0.307 e. The molecule has 0 aromatic heterocycles. The molecule has 2 fully saturated rings. The van der Waals surface area contributed by atoms with Gasteiger partial charge < -0.3 is 10.4 Å². The monoisotopic (exact) mass is 327 g/mol. The van der Waals surface area contributed by atoms with Crippen LogP contribution >= 0.6 is 23.2 Å². The van der Waals surface area contributed by atoms with E-state index < -0.39 is 17.8 Å². The lowest BCUT2D eigenvalue weighted by molar-refractivity contribution is -0.148. The highest BCUT2D eigenvalue weighted by Gasteiger charge is 2.53. The second kappa shape index (κ2) is 5.50. The zero-order chi connectivity index (χ0) is 15.1. The number of nitrogens with one attached hydrogen (secondary N) is 1. The number of carboxylic acids is 1. The first-order valence-electron chi connectivity index (χ1n) is 6.96. The Labute approximate surface area is 132 Å². The van der Waals surface area contributed by atoms with Crippen LogP contribution in [0.5, 0.6) is 0 Å². The molecule has 0 heterocycles. The molecule has 1 amide bonds. The molecular formula is C15H15Cl2NO3. The Morgan fingerprint density at radius 1 is 1.10 bits per heavy atom. The van der Waals surface area contributed by atoms with Gasteiger partial charge in [-0.05, 0) is 49.3 Å². The molecule has 0 unspecified atom stereocenters. The van der Waals surface area contributed by atoms with E-state index in [4.69, 9.17) is 23.2 Å². The molecule has 0 aliphatic heterocycles. The zero-order valence-corrected chi connectivity index (χ0v) is 12.7. The molecule has 1 aromatic carbocycles. The van der Waals surface area contributed by atoms with E-state index in [1.165, 1.54) is 0 Å². The van der Waals surface area contributed by atoms with E-state index in [2.05, 4.69) is 5.32 Å². The summed E-state index contributed by atoms with van der Waals surface area (Å²) in [4.78, 5) is 23.9. The second-order valence-corrected chi connectivity index (χ2v) is 6.66. The fourth-order valence-corrected chi connectivity index (χ4v) is 4.12. The van der Waals surface area contributed by atoms with Gasteiger partial charge in [-0.2, -0.15) is 0 Å². The summed E-state index contributed by atoms with van der Waals surface area (Å²) in [6.45, 7) is 0. The molecule has 0 radical (unpaired) electrons. The van der Waals surface area contributed by atoms with Gasteiger partial charge in [0.05, 0.1) is 21.9 Å². The van der Waals surface area contributed by atoms with Gasteiger partial charge in [-0.3, -0.25) is 9.59 Å². The summed E-state index contributed by atoms with van der Waals surface area (Å²) in [6, 6.07) is 4.84. The SMILES string of the molecule is O=C(O)[C@@H]1[C@H]2CC[C@@H](C2)[C@H]1C(=O)Nc1ccc(Cl)c(Cl)c1. The van der Waals surface area contributed by atoms with E-state index in [0.29, 0.717) is 15.7 Å². The van der Waals surface area contributed by atoms with Crippen LogP contribution in [0, 0.1) is 23.7 Å². The first-order chi connectivity index (χ1) is 9.97. The van der Waals surface area contributed by atoms with E-state index in [1.807, 2.05) is 0 Å².